The molecule has 0 aliphatic carbocycles. The summed E-state index contributed by atoms with van der Waals surface area (Å²) in [6.07, 6.45) is 0.509. The van der Waals surface area contributed by atoms with Gasteiger partial charge in [0.05, 0.1) is 0 Å². The average molecular weight is 511 g/mol. The molecular formula is C31H30N2O5. The summed E-state index contributed by atoms with van der Waals surface area (Å²) in [4.78, 5) is 36.2. The fraction of sp³-hybridized carbons (Fsp3) is 0.194. The van der Waals surface area contributed by atoms with Gasteiger partial charge in [0.2, 0.25) is 5.91 Å². The predicted octanol–water partition coefficient (Wildman–Crippen LogP) is 6.54. The third-order valence-electron chi connectivity index (χ3n) is 6.03. The highest BCUT2D eigenvalue weighted by Crippen LogP contribution is 2.26. The van der Waals surface area contributed by atoms with Gasteiger partial charge in [-0.1, -0.05) is 36.4 Å². The molecule has 0 spiro atoms. The molecule has 38 heavy (non-hydrogen) atoms. The van der Waals surface area contributed by atoms with Crippen molar-refractivity contribution >= 4 is 39.9 Å². The average Bonchev–Trinajstić information content (AvgIpc) is 2.91. The van der Waals surface area contributed by atoms with Crippen molar-refractivity contribution in [2.24, 2.45) is 0 Å². The molecule has 194 valence electrons. The topological polar surface area (TPSA) is 93.7 Å². The highest BCUT2D eigenvalue weighted by Gasteiger charge is 2.10. The maximum atomic E-state index is 12.3. The van der Waals surface area contributed by atoms with Crippen LogP contribution in [0.4, 0.5) is 11.4 Å². The maximum Gasteiger partial charge on any atom is 0.306 e. The molecule has 4 aromatic carbocycles. The molecule has 2 amide bonds. The maximum absolute atomic E-state index is 12.3. The van der Waals surface area contributed by atoms with Crippen LogP contribution >= 0.6 is 0 Å². The molecule has 0 aromatic heterocycles. The largest absolute Gasteiger partial charge is 0.457 e. The number of hydrogen-bond donors (Lipinski definition) is 2. The lowest BCUT2D eigenvalue weighted by molar-refractivity contribution is -0.147. The van der Waals surface area contributed by atoms with Gasteiger partial charge in [-0.3, -0.25) is 14.4 Å². The van der Waals surface area contributed by atoms with Gasteiger partial charge in [0.1, 0.15) is 11.5 Å². The van der Waals surface area contributed by atoms with E-state index in [1.807, 2.05) is 68.4 Å². The summed E-state index contributed by atoms with van der Waals surface area (Å²) in [5.41, 5.74) is 3.47. The first-order chi connectivity index (χ1) is 18.4. The molecule has 0 saturated heterocycles. The summed E-state index contributed by atoms with van der Waals surface area (Å²) in [5.74, 6) is 0.238. The molecule has 7 heteroatoms. The van der Waals surface area contributed by atoms with Crippen LogP contribution in [-0.4, -0.2) is 24.4 Å². The Morgan fingerprint density at radius 3 is 2.11 bits per heavy atom. The summed E-state index contributed by atoms with van der Waals surface area (Å²) in [5, 5.41) is 7.75. The minimum Gasteiger partial charge on any atom is -0.457 e. The number of nitrogens with one attached hydrogen (secondary N) is 2. The van der Waals surface area contributed by atoms with Crippen molar-refractivity contribution in [1.29, 1.82) is 0 Å². The molecule has 0 unspecified atom stereocenters. The lowest BCUT2D eigenvalue weighted by Crippen LogP contribution is -2.21. The zero-order valence-corrected chi connectivity index (χ0v) is 21.5. The molecule has 0 heterocycles. The van der Waals surface area contributed by atoms with Crippen molar-refractivity contribution in [3.8, 4) is 11.5 Å². The van der Waals surface area contributed by atoms with E-state index in [0.29, 0.717) is 23.5 Å². The summed E-state index contributed by atoms with van der Waals surface area (Å²) in [7, 11) is 0. The highest BCUT2D eigenvalue weighted by atomic mass is 16.5. The SMILES string of the molecule is Cc1ccc(NC(=O)COC(=O)CCCC(=O)Nc2ccc(Oc3ccc4ccccc4c3)cc2)cc1C. The van der Waals surface area contributed by atoms with Crippen LogP contribution in [0, 0.1) is 13.8 Å². The molecule has 2 N–H and O–H groups in total. The molecule has 7 nitrogen and oxygen atoms in total. The van der Waals surface area contributed by atoms with Crippen molar-refractivity contribution in [3.05, 3.63) is 96.1 Å². The summed E-state index contributed by atoms with van der Waals surface area (Å²) < 4.78 is 10.9. The molecule has 0 atom stereocenters. The van der Waals surface area contributed by atoms with Gasteiger partial charge in [-0.25, -0.2) is 0 Å². The van der Waals surface area contributed by atoms with Crippen molar-refractivity contribution in [1.82, 2.24) is 0 Å². The van der Waals surface area contributed by atoms with Gasteiger partial charge in [0.15, 0.2) is 6.61 Å². The van der Waals surface area contributed by atoms with Gasteiger partial charge in [-0.2, -0.15) is 0 Å². The van der Waals surface area contributed by atoms with E-state index in [2.05, 4.69) is 10.6 Å². The fourth-order valence-corrected chi connectivity index (χ4v) is 3.82. The quantitative estimate of drug-likeness (QED) is 0.236. The van der Waals surface area contributed by atoms with E-state index < -0.39 is 11.9 Å². The Labute approximate surface area is 221 Å². The van der Waals surface area contributed by atoms with Crippen LogP contribution in [0.15, 0.2) is 84.9 Å². The Kier molecular flexibility index (Phi) is 8.72. The summed E-state index contributed by atoms with van der Waals surface area (Å²) >= 11 is 0. The van der Waals surface area contributed by atoms with E-state index in [0.717, 1.165) is 27.6 Å². The Morgan fingerprint density at radius 2 is 1.34 bits per heavy atom. The van der Waals surface area contributed by atoms with Crippen molar-refractivity contribution < 1.29 is 23.9 Å². The first kappa shape index (κ1) is 26.4. The second-order valence-corrected chi connectivity index (χ2v) is 9.05. The van der Waals surface area contributed by atoms with Crippen LogP contribution in [0.5, 0.6) is 11.5 Å². The van der Waals surface area contributed by atoms with E-state index in [9.17, 15) is 14.4 Å². The van der Waals surface area contributed by atoms with Crippen molar-refractivity contribution in [2.45, 2.75) is 33.1 Å². The number of esters is 1. The van der Waals surface area contributed by atoms with E-state index >= 15 is 0 Å². The molecule has 0 bridgehead atoms. The zero-order valence-electron chi connectivity index (χ0n) is 21.5. The van der Waals surface area contributed by atoms with E-state index in [1.165, 1.54) is 0 Å². The second-order valence-electron chi connectivity index (χ2n) is 9.05. The lowest BCUT2D eigenvalue weighted by atomic mass is 10.1. The van der Waals surface area contributed by atoms with Crippen molar-refractivity contribution in [3.63, 3.8) is 0 Å². The number of hydrogen-bond acceptors (Lipinski definition) is 5. The monoisotopic (exact) mass is 510 g/mol. The van der Waals surface area contributed by atoms with Gasteiger partial charge in [0, 0.05) is 24.2 Å². The number of carbonyl (C=O) groups excluding carboxylic acids is 3. The minimum absolute atomic E-state index is 0.0445. The number of benzene rings is 4. The summed E-state index contributed by atoms with van der Waals surface area (Å²) in [6, 6.07) is 26.6. The standard InChI is InChI=1S/C31H30N2O5/c1-21-10-12-26(18-22(21)2)33-30(35)20-37-31(36)9-5-8-29(34)32-25-13-16-27(17-14-25)38-28-15-11-23-6-3-4-7-24(23)19-28/h3-4,6-7,10-19H,5,8-9,20H2,1-2H3,(H,32,34)(H,33,35). The Balaban J connectivity index is 1.14. The molecule has 0 radical (unpaired) electrons. The molecule has 0 aliphatic rings. The minimum atomic E-state index is -0.525. The normalized spacial score (nSPS) is 10.6. The van der Waals surface area contributed by atoms with E-state index in [4.69, 9.17) is 9.47 Å². The van der Waals surface area contributed by atoms with Gasteiger partial charge < -0.3 is 20.1 Å². The lowest BCUT2D eigenvalue weighted by Gasteiger charge is -2.09. The first-order valence-electron chi connectivity index (χ1n) is 12.4. The van der Waals surface area contributed by atoms with Crippen LogP contribution in [0.2, 0.25) is 0 Å². The zero-order chi connectivity index (χ0) is 26.9. The Morgan fingerprint density at radius 1 is 0.658 bits per heavy atom. The number of carbonyl (C=O) groups is 3. The summed E-state index contributed by atoms with van der Waals surface area (Å²) in [6.45, 7) is 3.57. The number of anilines is 2. The van der Waals surface area contributed by atoms with Crippen LogP contribution < -0.4 is 15.4 Å². The Hall–Kier alpha value is -4.65. The van der Waals surface area contributed by atoms with Gasteiger partial charge in [-0.05, 0) is 90.7 Å². The molecule has 4 rings (SSSR count). The molecular weight excluding hydrogens is 480 g/mol. The molecule has 4 aromatic rings. The number of rotatable bonds is 10. The highest BCUT2D eigenvalue weighted by molar-refractivity contribution is 5.93. The molecule has 0 fully saturated rings. The van der Waals surface area contributed by atoms with Gasteiger partial charge in [0.25, 0.3) is 5.91 Å². The fourth-order valence-electron chi connectivity index (χ4n) is 3.82. The first-order valence-corrected chi connectivity index (χ1v) is 12.4. The predicted molar refractivity (Wildman–Crippen MR) is 148 cm³/mol. The third kappa shape index (κ3) is 7.67. The smallest absolute Gasteiger partial charge is 0.306 e. The van der Waals surface area contributed by atoms with Gasteiger partial charge in [-0.15, -0.1) is 0 Å². The second kappa shape index (κ2) is 12.5. The van der Waals surface area contributed by atoms with Crippen molar-refractivity contribution in [2.75, 3.05) is 17.2 Å². The molecule has 0 saturated carbocycles. The van der Waals surface area contributed by atoms with E-state index in [1.54, 1.807) is 30.3 Å². The number of aryl methyl sites for hydroxylation is 2. The number of fused-ring (bicyclic) bond motifs is 1. The van der Waals surface area contributed by atoms with Crippen LogP contribution in [0.1, 0.15) is 30.4 Å². The Bertz CT molecular complexity index is 1450. The van der Waals surface area contributed by atoms with Crippen LogP contribution in [0.25, 0.3) is 10.8 Å². The van der Waals surface area contributed by atoms with Crippen LogP contribution in [-0.2, 0) is 19.1 Å². The number of ether oxygens (including phenoxy) is 2. The number of amides is 2. The van der Waals surface area contributed by atoms with Gasteiger partial charge >= 0.3 is 5.97 Å². The van der Waals surface area contributed by atoms with Crippen LogP contribution in [0.3, 0.4) is 0 Å². The third-order valence-corrected chi connectivity index (χ3v) is 6.03. The molecule has 0 aliphatic heterocycles. The van der Waals surface area contributed by atoms with E-state index in [-0.39, 0.29) is 25.4 Å².